The van der Waals surface area contributed by atoms with Crippen LogP contribution in [0.3, 0.4) is 0 Å². The molecule has 3 aromatic rings. The molecule has 30 heavy (non-hydrogen) atoms. The van der Waals surface area contributed by atoms with Crippen LogP contribution in [0.2, 0.25) is 5.02 Å². The number of nitrogens with one attached hydrogen (secondary N) is 1. The van der Waals surface area contributed by atoms with Gasteiger partial charge in [-0.25, -0.2) is 14.1 Å². The molecule has 7 nitrogen and oxygen atoms in total. The minimum atomic E-state index is -0.419. The summed E-state index contributed by atoms with van der Waals surface area (Å²) >= 11 is 6.20. The summed E-state index contributed by atoms with van der Waals surface area (Å²) < 4.78 is 26.2. The van der Waals surface area contributed by atoms with Gasteiger partial charge in [-0.1, -0.05) is 11.6 Å². The van der Waals surface area contributed by atoms with Gasteiger partial charge in [0, 0.05) is 17.8 Å². The number of aryl methyl sites for hydroxylation is 2. The van der Waals surface area contributed by atoms with E-state index in [4.69, 9.17) is 21.1 Å². The molecule has 1 aliphatic heterocycles. The second-order valence-corrected chi connectivity index (χ2v) is 7.42. The highest BCUT2D eigenvalue weighted by Gasteiger charge is 2.18. The van der Waals surface area contributed by atoms with E-state index in [0.717, 1.165) is 11.4 Å². The molecule has 0 unspecified atom stereocenters. The molecule has 1 aliphatic rings. The highest BCUT2D eigenvalue weighted by Crippen LogP contribution is 2.29. The highest BCUT2D eigenvalue weighted by molar-refractivity contribution is 6.33. The van der Waals surface area contributed by atoms with Crippen LogP contribution in [0.1, 0.15) is 33.0 Å². The summed E-state index contributed by atoms with van der Waals surface area (Å²) in [6.45, 7) is 4.47. The van der Waals surface area contributed by atoms with E-state index in [1.165, 1.54) is 12.1 Å². The largest absolute Gasteiger partial charge is 0.467 e. The average molecular weight is 431 g/mol. The SMILES string of the molecule is Cc1cc(C)n(-c2ccc(Cl)c(C(=O)NCCc3cc(F)cc4c3OCOC4)n2)n1. The van der Waals surface area contributed by atoms with Gasteiger partial charge in [-0.3, -0.25) is 4.79 Å². The van der Waals surface area contributed by atoms with Gasteiger partial charge in [0.2, 0.25) is 0 Å². The van der Waals surface area contributed by atoms with E-state index < -0.39 is 5.91 Å². The predicted molar refractivity (Wildman–Crippen MR) is 109 cm³/mol. The zero-order valence-corrected chi connectivity index (χ0v) is 17.3. The summed E-state index contributed by atoms with van der Waals surface area (Å²) in [4.78, 5) is 17.1. The summed E-state index contributed by atoms with van der Waals surface area (Å²) in [6.07, 6.45) is 0.389. The van der Waals surface area contributed by atoms with E-state index in [9.17, 15) is 9.18 Å². The number of rotatable bonds is 5. The molecule has 0 saturated heterocycles. The topological polar surface area (TPSA) is 78.3 Å². The van der Waals surface area contributed by atoms with Gasteiger partial charge in [-0.2, -0.15) is 5.10 Å². The van der Waals surface area contributed by atoms with Gasteiger partial charge in [0.05, 0.1) is 17.3 Å². The summed E-state index contributed by atoms with van der Waals surface area (Å²) in [7, 11) is 0. The van der Waals surface area contributed by atoms with Crippen molar-refractivity contribution in [3.8, 4) is 11.6 Å². The number of carbonyl (C=O) groups is 1. The Kier molecular flexibility index (Phi) is 5.69. The van der Waals surface area contributed by atoms with Crippen molar-refractivity contribution in [1.29, 1.82) is 0 Å². The van der Waals surface area contributed by atoms with Gasteiger partial charge in [-0.05, 0) is 56.2 Å². The van der Waals surface area contributed by atoms with Gasteiger partial charge in [0.15, 0.2) is 12.6 Å². The fraction of sp³-hybridized carbons (Fsp3) is 0.286. The number of fused-ring (bicyclic) bond motifs is 1. The number of aromatic nitrogens is 3. The third kappa shape index (κ3) is 4.15. The highest BCUT2D eigenvalue weighted by atomic mass is 35.5. The molecule has 0 fully saturated rings. The lowest BCUT2D eigenvalue weighted by Crippen LogP contribution is -2.27. The molecule has 3 heterocycles. The molecule has 0 radical (unpaired) electrons. The molecule has 0 bridgehead atoms. The first-order valence-electron chi connectivity index (χ1n) is 9.42. The molecule has 1 amide bonds. The third-order valence-electron chi connectivity index (χ3n) is 4.70. The number of hydrogen-bond acceptors (Lipinski definition) is 5. The number of halogens is 2. The Bertz CT molecular complexity index is 1120. The zero-order valence-electron chi connectivity index (χ0n) is 16.5. The van der Waals surface area contributed by atoms with Crippen molar-refractivity contribution >= 4 is 17.5 Å². The Labute approximate surface area is 177 Å². The van der Waals surface area contributed by atoms with Gasteiger partial charge < -0.3 is 14.8 Å². The number of ether oxygens (including phenoxy) is 2. The summed E-state index contributed by atoms with van der Waals surface area (Å²) in [5, 5.41) is 7.41. The van der Waals surface area contributed by atoms with E-state index >= 15 is 0 Å². The Morgan fingerprint density at radius 1 is 1.30 bits per heavy atom. The van der Waals surface area contributed by atoms with Crippen molar-refractivity contribution in [1.82, 2.24) is 20.1 Å². The minimum absolute atomic E-state index is 0.104. The lowest BCUT2D eigenvalue weighted by Gasteiger charge is -2.21. The smallest absolute Gasteiger partial charge is 0.271 e. The van der Waals surface area contributed by atoms with E-state index in [2.05, 4.69) is 15.4 Å². The molecule has 0 aliphatic carbocycles. The Morgan fingerprint density at radius 2 is 2.13 bits per heavy atom. The molecular weight excluding hydrogens is 411 g/mol. The van der Waals surface area contributed by atoms with Crippen LogP contribution in [0.25, 0.3) is 5.82 Å². The van der Waals surface area contributed by atoms with Crippen LogP contribution < -0.4 is 10.1 Å². The Hall–Kier alpha value is -2.97. The third-order valence-corrected chi connectivity index (χ3v) is 5.01. The molecule has 1 aromatic carbocycles. The molecular formula is C21H20ClFN4O3. The summed E-state index contributed by atoms with van der Waals surface area (Å²) in [6, 6.07) is 8.04. The lowest BCUT2D eigenvalue weighted by molar-refractivity contribution is -0.0172. The fourth-order valence-electron chi connectivity index (χ4n) is 3.41. The van der Waals surface area contributed by atoms with Crippen LogP contribution in [0, 0.1) is 19.7 Å². The van der Waals surface area contributed by atoms with Crippen LogP contribution >= 0.6 is 11.6 Å². The maximum absolute atomic E-state index is 13.9. The zero-order chi connectivity index (χ0) is 21.3. The number of amides is 1. The van der Waals surface area contributed by atoms with E-state index in [1.807, 2.05) is 19.9 Å². The van der Waals surface area contributed by atoms with E-state index in [1.54, 1.807) is 16.8 Å². The van der Waals surface area contributed by atoms with Crippen LogP contribution in [0.4, 0.5) is 4.39 Å². The number of hydrogen-bond donors (Lipinski definition) is 1. The molecule has 1 N–H and O–H groups in total. The lowest BCUT2D eigenvalue weighted by atomic mass is 10.1. The molecule has 0 spiro atoms. The maximum atomic E-state index is 13.9. The number of pyridine rings is 1. The van der Waals surface area contributed by atoms with Crippen LogP contribution in [0.15, 0.2) is 30.3 Å². The Balaban J connectivity index is 1.48. The van der Waals surface area contributed by atoms with Crippen LogP contribution in [-0.2, 0) is 17.8 Å². The number of benzene rings is 1. The predicted octanol–water partition coefficient (Wildman–Crippen LogP) is 3.52. The summed E-state index contributed by atoms with van der Waals surface area (Å²) in [5.41, 5.74) is 3.18. The van der Waals surface area contributed by atoms with E-state index in [0.29, 0.717) is 35.7 Å². The van der Waals surface area contributed by atoms with Gasteiger partial charge >= 0.3 is 0 Å². The normalized spacial score (nSPS) is 12.9. The van der Waals surface area contributed by atoms with Gasteiger partial charge in [0.1, 0.15) is 17.3 Å². The first kappa shape index (κ1) is 20.3. The molecule has 9 heteroatoms. The minimum Gasteiger partial charge on any atom is -0.467 e. The van der Waals surface area contributed by atoms with E-state index in [-0.39, 0.29) is 29.9 Å². The van der Waals surface area contributed by atoms with Crippen molar-refractivity contribution in [2.75, 3.05) is 13.3 Å². The fourth-order valence-corrected chi connectivity index (χ4v) is 3.60. The monoisotopic (exact) mass is 430 g/mol. The quantitative estimate of drug-likeness (QED) is 0.670. The molecule has 2 aromatic heterocycles. The number of carbonyl (C=O) groups excluding carboxylic acids is 1. The van der Waals surface area contributed by atoms with Crippen molar-refractivity contribution < 1.29 is 18.7 Å². The second-order valence-electron chi connectivity index (χ2n) is 7.01. The number of nitrogens with zero attached hydrogens (tertiary/aromatic N) is 3. The van der Waals surface area contributed by atoms with Crippen molar-refractivity contribution in [2.24, 2.45) is 0 Å². The van der Waals surface area contributed by atoms with Crippen LogP contribution in [0.5, 0.6) is 5.75 Å². The van der Waals surface area contributed by atoms with Gasteiger partial charge in [-0.15, -0.1) is 0 Å². The average Bonchev–Trinajstić information content (AvgIpc) is 3.06. The Morgan fingerprint density at radius 3 is 2.90 bits per heavy atom. The standard InChI is InChI=1S/C21H20ClFN4O3/c1-12-7-13(2)27(26-12)18-4-3-17(22)19(25-18)21(28)24-6-5-14-8-16(23)9-15-10-29-11-30-20(14)15/h3-4,7-9H,5-6,10-11H2,1-2H3,(H,24,28). The molecule has 0 atom stereocenters. The molecule has 156 valence electrons. The maximum Gasteiger partial charge on any atom is 0.271 e. The van der Waals surface area contributed by atoms with Crippen molar-refractivity contribution in [2.45, 2.75) is 26.9 Å². The van der Waals surface area contributed by atoms with Gasteiger partial charge in [0.25, 0.3) is 5.91 Å². The first-order valence-corrected chi connectivity index (χ1v) is 9.80. The van der Waals surface area contributed by atoms with Crippen molar-refractivity contribution in [3.63, 3.8) is 0 Å². The molecule has 0 saturated carbocycles. The molecule has 4 rings (SSSR count). The summed E-state index contributed by atoms with van der Waals surface area (Å²) in [5.74, 6) is 0.326. The van der Waals surface area contributed by atoms with Crippen LogP contribution in [-0.4, -0.2) is 34.0 Å². The first-order chi connectivity index (χ1) is 14.4. The van der Waals surface area contributed by atoms with Crippen molar-refractivity contribution in [3.05, 3.63) is 69.4 Å². The second kappa shape index (κ2) is 8.41.